The molecule has 1 aliphatic rings. The Hall–Kier alpha value is -3.04. The molecule has 0 N–H and O–H groups in total. The van der Waals surface area contributed by atoms with Crippen LogP contribution in [0.4, 0.5) is 8.78 Å². The quantitative estimate of drug-likeness (QED) is 0.190. The van der Waals surface area contributed by atoms with Gasteiger partial charge in [0.2, 0.25) is 0 Å². The van der Waals surface area contributed by atoms with Gasteiger partial charge in [0.1, 0.15) is 31.3 Å². The molecule has 1 aliphatic carbocycles. The second kappa shape index (κ2) is 13.3. The zero-order valence-electron chi connectivity index (χ0n) is 21.5. The minimum Gasteiger partial charge on any atom is -0.461 e. The Morgan fingerprint density at radius 3 is 1.69 bits per heavy atom. The van der Waals surface area contributed by atoms with Crippen molar-refractivity contribution in [2.24, 2.45) is 11.3 Å². The van der Waals surface area contributed by atoms with Crippen LogP contribution in [0.5, 0.6) is 0 Å². The topological polar surface area (TPSA) is 105 Å². The molecule has 1 saturated carbocycles. The fourth-order valence-electron chi connectivity index (χ4n) is 3.40. The van der Waals surface area contributed by atoms with Crippen LogP contribution in [-0.2, 0) is 38.1 Å². The van der Waals surface area contributed by atoms with E-state index < -0.39 is 73.5 Å². The third-order valence-corrected chi connectivity index (χ3v) is 5.71. The maximum atomic E-state index is 14.9. The Bertz CT molecular complexity index is 856. The van der Waals surface area contributed by atoms with Gasteiger partial charge in [-0.1, -0.05) is 32.6 Å². The minimum absolute atomic E-state index is 0.00115. The van der Waals surface area contributed by atoms with E-state index in [2.05, 4.69) is 19.7 Å². The number of esters is 4. The summed E-state index contributed by atoms with van der Waals surface area (Å²) in [6.45, 7) is 14.1. The highest BCUT2D eigenvalue weighted by Crippen LogP contribution is 2.41. The Morgan fingerprint density at radius 2 is 1.28 bits per heavy atom. The Morgan fingerprint density at radius 1 is 0.833 bits per heavy atom. The number of hydrogen-bond donors (Lipinski definition) is 0. The first kappa shape index (κ1) is 31.0. The van der Waals surface area contributed by atoms with Crippen LogP contribution in [0.3, 0.4) is 0 Å². The van der Waals surface area contributed by atoms with Crippen molar-refractivity contribution in [1.29, 1.82) is 0 Å². The van der Waals surface area contributed by atoms with Gasteiger partial charge in [0.05, 0.1) is 6.42 Å². The SMILES string of the molecule is C=C(C)C(=O)OCC(C)(COC(=O)C(=C)C)C(=O)OCC(CC(F)(F)C1CCCC1)OC(=O)C(=C)C. The molecule has 1 unspecified atom stereocenters. The Balaban J connectivity index is 3.01. The van der Waals surface area contributed by atoms with Gasteiger partial charge in [0.15, 0.2) is 0 Å². The van der Waals surface area contributed by atoms with E-state index in [1.165, 1.54) is 27.7 Å². The van der Waals surface area contributed by atoms with Crippen LogP contribution in [0.25, 0.3) is 0 Å². The minimum atomic E-state index is -3.14. The number of ether oxygens (including phenoxy) is 4. The predicted molar refractivity (Wildman–Crippen MR) is 127 cm³/mol. The highest BCUT2D eigenvalue weighted by molar-refractivity contribution is 5.88. The predicted octanol–water partition coefficient (Wildman–Crippen LogP) is 4.48. The lowest BCUT2D eigenvalue weighted by Gasteiger charge is -2.30. The summed E-state index contributed by atoms with van der Waals surface area (Å²) in [5, 5.41) is 0. The van der Waals surface area contributed by atoms with Gasteiger partial charge in [-0.2, -0.15) is 0 Å². The van der Waals surface area contributed by atoms with E-state index in [0.29, 0.717) is 25.7 Å². The normalized spacial score (nSPS) is 14.9. The molecule has 0 aliphatic heterocycles. The average Bonchev–Trinajstić information content (AvgIpc) is 3.34. The standard InChI is InChI=1S/C26H36F2O8/c1-16(2)21(29)34-14-25(7,15-35-22(30)17(3)4)24(32)33-13-20(36-23(31)18(5)6)12-26(27,28)19-10-8-9-11-19/h19-20H,1,3,5,8-15H2,2,4,6-7H3. The molecular formula is C26H36F2O8. The Kier molecular flexibility index (Phi) is 11.5. The summed E-state index contributed by atoms with van der Waals surface area (Å²) in [6.07, 6.45) is -0.196. The molecule has 0 aromatic carbocycles. The summed E-state index contributed by atoms with van der Waals surface area (Å²) >= 11 is 0. The highest BCUT2D eigenvalue weighted by Gasteiger charge is 2.45. The second-order valence-electron chi connectivity index (χ2n) is 9.63. The third kappa shape index (κ3) is 9.54. The summed E-state index contributed by atoms with van der Waals surface area (Å²) < 4.78 is 50.3. The van der Waals surface area contributed by atoms with E-state index in [4.69, 9.17) is 18.9 Å². The monoisotopic (exact) mass is 514 g/mol. The third-order valence-electron chi connectivity index (χ3n) is 5.71. The Labute approximate surface area is 210 Å². The van der Waals surface area contributed by atoms with Crippen molar-refractivity contribution in [3.63, 3.8) is 0 Å². The maximum Gasteiger partial charge on any atom is 0.333 e. The van der Waals surface area contributed by atoms with Gasteiger partial charge in [0.25, 0.3) is 5.92 Å². The number of rotatable bonds is 14. The molecule has 202 valence electrons. The van der Waals surface area contributed by atoms with E-state index in [1.807, 2.05) is 0 Å². The van der Waals surface area contributed by atoms with Crippen LogP contribution >= 0.6 is 0 Å². The van der Waals surface area contributed by atoms with Crippen molar-refractivity contribution in [2.75, 3.05) is 19.8 Å². The van der Waals surface area contributed by atoms with Crippen LogP contribution in [0, 0.1) is 11.3 Å². The molecule has 10 heteroatoms. The number of alkyl halides is 2. The van der Waals surface area contributed by atoms with E-state index in [1.54, 1.807) is 0 Å². The first-order valence-electron chi connectivity index (χ1n) is 11.7. The average molecular weight is 515 g/mol. The zero-order chi connectivity index (χ0) is 27.7. The molecule has 8 nitrogen and oxygen atoms in total. The lowest BCUT2D eigenvalue weighted by molar-refractivity contribution is -0.177. The number of carbonyl (C=O) groups excluding carboxylic acids is 4. The van der Waals surface area contributed by atoms with Gasteiger partial charge in [-0.05, 0) is 40.5 Å². The fraction of sp³-hybridized carbons (Fsp3) is 0.615. The van der Waals surface area contributed by atoms with Crippen molar-refractivity contribution >= 4 is 23.9 Å². The summed E-state index contributed by atoms with van der Waals surface area (Å²) in [5.74, 6) is -7.47. The van der Waals surface area contributed by atoms with Gasteiger partial charge in [-0.15, -0.1) is 0 Å². The van der Waals surface area contributed by atoms with E-state index in [0.717, 1.165) is 0 Å². The van der Waals surface area contributed by atoms with Crippen LogP contribution in [-0.4, -0.2) is 55.7 Å². The van der Waals surface area contributed by atoms with Gasteiger partial charge < -0.3 is 18.9 Å². The lowest BCUT2D eigenvalue weighted by Crippen LogP contribution is -2.42. The van der Waals surface area contributed by atoms with Crippen molar-refractivity contribution in [3.05, 3.63) is 36.5 Å². The van der Waals surface area contributed by atoms with Gasteiger partial charge in [-0.3, -0.25) is 4.79 Å². The summed E-state index contributed by atoms with van der Waals surface area (Å²) in [5.41, 5.74) is -1.54. The van der Waals surface area contributed by atoms with E-state index >= 15 is 0 Å². The summed E-state index contributed by atoms with van der Waals surface area (Å²) in [4.78, 5) is 48.7. The number of hydrogen-bond acceptors (Lipinski definition) is 8. The highest BCUT2D eigenvalue weighted by atomic mass is 19.3. The van der Waals surface area contributed by atoms with Crippen LogP contribution in [0.2, 0.25) is 0 Å². The van der Waals surface area contributed by atoms with Crippen molar-refractivity contribution < 1.29 is 46.9 Å². The maximum absolute atomic E-state index is 14.9. The first-order chi connectivity index (χ1) is 16.6. The molecule has 0 heterocycles. The number of halogens is 2. The first-order valence-corrected chi connectivity index (χ1v) is 11.7. The molecule has 0 aromatic rings. The summed E-state index contributed by atoms with van der Waals surface area (Å²) in [7, 11) is 0. The molecule has 0 saturated heterocycles. The molecule has 36 heavy (non-hydrogen) atoms. The second-order valence-corrected chi connectivity index (χ2v) is 9.63. The molecule has 0 amide bonds. The van der Waals surface area contributed by atoms with Gasteiger partial charge in [0, 0.05) is 22.6 Å². The van der Waals surface area contributed by atoms with Gasteiger partial charge in [-0.25, -0.2) is 23.2 Å². The lowest BCUT2D eigenvalue weighted by atomic mass is 9.92. The largest absolute Gasteiger partial charge is 0.461 e. The van der Waals surface area contributed by atoms with E-state index in [-0.39, 0.29) is 16.7 Å². The zero-order valence-corrected chi connectivity index (χ0v) is 21.5. The number of carbonyl (C=O) groups is 4. The van der Waals surface area contributed by atoms with Crippen molar-refractivity contribution in [2.45, 2.75) is 71.8 Å². The molecule has 0 spiro atoms. The van der Waals surface area contributed by atoms with Crippen LogP contribution < -0.4 is 0 Å². The molecule has 0 aromatic heterocycles. The molecule has 0 radical (unpaired) electrons. The van der Waals surface area contributed by atoms with Crippen molar-refractivity contribution in [3.8, 4) is 0 Å². The summed E-state index contributed by atoms with van der Waals surface area (Å²) in [6, 6.07) is 0. The van der Waals surface area contributed by atoms with Gasteiger partial charge >= 0.3 is 23.9 Å². The van der Waals surface area contributed by atoms with Crippen LogP contribution in [0.1, 0.15) is 59.8 Å². The van der Waals surface area contributed by atoms with Crippen molar-refractivity contribution in [1.82, 2.24) is 0 Å². The van der Waals surface area contributed by atoms with E-state index in [9.17, 15) is 28.0 Å². The van der Waals surface area contributed by atoms with Crippen LogP contribution in [0.15, 0.2) is 36.5 Å². The smallest absolute Gasteiger partial charge is 0.333 e. The fourth-order valence-corrected chi connectivity index (χ4v) is 3.40. The molecule has 0 bridgehead atoms. The molecule has 1 atom stereocenters. The molecular weight excluding hydrogens is 478 g/mol. The molecule has 1 rings (SSSR count). The molecule has 1 fully saturated rings.